The summed E-state index contributed by atoms with van der Waals surface area (Å²) in [5.41, 5.74) is 0. The molecule has 2 aliphatic rings. The summed E-state index contributed by atoms with van der Waals surface area (Å²) in [6, 6.07) is 2.59. The summed E-state index contributed by atoms with van der Waals surface area (Å²) in [5, 5.41) is 0. The second-order valence-corrected chi connectivity index (χ2v) is 6.08. The van der Waals surface area contributed by atoms with Crippen LogP contribution in [0.2, 0.25) is 0 Å². The van der Waals surface area contributed by atoms with E-state index in [2.05, 4.69) is 18.7 Å². The molecule has 0 aromatic carbocycles. The summed E-state index contributed by atoms with van der Waals surface area (Å²) in [6.07, 6.45) is 14.6. The van der Waals surface area contributed by atoms with Crippen LogP contribution in [0.5, 0.6) is 0 Å². The Morgan fingerprint density at radius 3 is 1.69 bits per heavy atom. The number of piperidine rings is 1. The van der Waals surface area contributed by atoms with Crippen molar-refractivity contribution in [3.8, 4) is 0 Å². The smallest absolute Gasteiger partial charge is 0.0101 e. The molecule has 94 valence electrons. The maximum Gasteiger partial charge on any atom is 0.0101 e. The van der Waals surface area contributed by atoms with E-state index in [1.54, 1.807) is 0 Å². The molecule has 2 atom stereocenters. The van der Waals surface area contributed by atoms with E-state index in [-0.39, 0.29) is 0 Å². The Bertz CT molecular complexity index is 184. The Labute approximate surface area is 102 Å². The van der Waals surface area contributed by atoms with Crippen molar-refractivity contribution in [2.45, 2.75) is 96.2 Å². The lowest BCUT2D eigenvalue weighted by Crippen LogP contribution is -2.50. The SMILES string of the molecule is C[C@@H]1CCC[C@H](C)N1C1CCCCCCC1. The van der Waals surface area contributed by atoms with Crippen LogP contribution in [0, 0.1) is 0 Å². The molecule has 2 rings (SSSR count). The van der Waals surface area contributed by atoms with E-state index in [9.17, 15) is 0 Å². The van der Waals surface area contributed by atoms with Crippen molar-refractivity contribution < 1.29 is 0 Å². The molecule has 0 bridgehead atoms. The van der Waals surface area contributed by atoms with Gasteiger partial charge in [-0.15, -0.1) is 0 Å². The van der Waals surface area contributed by atoms with Crippen molar-refractivity contribution in [2.75, 3.05) is 0 Å². The highest BCUT2D eigenvalue weighted by Gasteiger charge is 2.30. The van der Waals surface area contributed by atoms with E-state index in [4.69, 9.17) is 0 Å². The molecular formula is C15H29N. The lowest BCUT2D eigenvalue weighted by molar-refractivity contribution is 0.0423. The number of hydrogen-bond acceptors (Lipinski definition) is 1. The van der Waals surface area contributed by atoms with Gasteiger partial charge in [-0.2, -0.15) is 0 Å². The van der Waals surface area contributed by atoms with Gasteiger partial charge < -0.3 is 0 Å². The normalized spacial score (nSPS) is 35.6. The maximum atomic E-state index is 2.87. The monoisotopic (exact) mass is 223 g/mol. The Morgan fingerprint density at radius 2 is 1.12 bits per heavy atom. The van der Waals surface area contributed by atoms with Crippen molar-refractivity contribution in [1.82, 2.24) is 4.90 Å². The van der Waals surface area contributed by atoms with Crippen LogP contribution < -0.4 is 0 Å². The molecule has 1 saturated carbocycles. The van der Waals surface area contributed by atoms with E-state index >= 15 is 0 Å². The standard InChI is InChI=1S/C15H29N/c1-13-9-8-10-14(2)16(13)15-11-6-4-3-5-7-12-15/h13-15H,3-12H2,1-2H3/t13-,14+. The molecule has 1 heteroatoms. The van der Waals surface area contributed by atoms with Gasteiger partial charge in [0, 0.05) is 18.1 Å². The van der Waals surface area contributed by atoms with E-state index < -0.39 is 0 Å². The van der Waals surface area contributed by atoms with Crippen LogP contribution >= 0.6 is 0 Å². The molecule has 16 heavy (non-hydrogen) atoms. The van der Waals surface area contributed by atoms with E-state index in [0.717, 1.165) is 18.1 Å². The Kier molecular flexibility index (Phi) is 4.69. The highest BCUT2D eigenvalue weighted by Crippen LogP contribution is 2.30. The quantitative estimate of drug-likeness (QED) is 0.638. The van der Waals surface area contributed by atoms with E-state index in [0.29, 0.717) is 0 Å². The van der Waals surface area contributed by atoms with Gasteiger partial charge in [0.1, 0.15) is 0 Å². The molecule has 0 N–H and O–H groups in total. The Morgan fingerprint density at radius 1 is 0.625 bits per heavy atom. The lowest BCUT2D eigenvalue weighted by Gasteiger charge is -2.45. The molecule has 1 nitrogen and oxygen atoms in total. The second kappa shape index (κ2) is 6.05. The predicted octanol–water partition coefficient (Wildman–Crippen LogP) is 4.36. The Balaban J connectivity index is 1.96. The third-order valence-electron chi connectivity index (χ3n) is 4.76. The topological polar surface area (TPSA) is 3.24 Å². The van der Waals surface area contributed by atoms with Gasteiger partial charge >= 0.3 is 0 Å². The van der Waals surface area contributed by atoms with Gasteiger partial charge in [0.25, 0.3) is 0 Å². The lowest BCUT2D eigenvalue weighted by atomic mass is 9.89. The molecule has 1 heterocycles. The third-order valence-corrected chi connectivity index (χ3v) is 4.76. The first-order chi connectivity index (χ1) is 7.79. The van der Waals surface area contributed by atoms with Crippen LogP contribution in [-0.4, -0.2) is 23.0 Å². The summed E-state index contributed by atoms with van der Waals surface area (Å²) in [7, 11) is 0. The molecule has 0 radical (unpaired) electrons. The molecule has 1 saturated heterocycles. The molecule has 0 aromatic rings. The minimum Gasteiger partial charge on any atom is -0.295 e. The maximum absolute atomic E-state index is 2.87. The molecule has 0 aromatic heterocycles. The molecule has 1 aliphatic carbocycles. The van der Waals surface area contributed by atoms with Crippen LogP contribution in [0.3, 0.4) is 0 Å². The first-order valence-electron chi connectivity index (χ1n) is 7.56. The fraction of sp³-hybridized carbons (Fsp3) is 1.00. The minimum atomic E-state index is 0.841. The van der Waals surface area contributed by atoms with Crippen molar-refractivity contribution in [2.24, 2.45) is 0 Å². The number of rotatable bonds is 1. The highest BCUT2D eigenvalue weighted by atomic mass is 15.2. The summed E-state index contributed by atoms with van der Waals surface area (Å²) in [6.45, 7) is 4.91. The van der Waals surface area contributed by atoms with Crippen LogP contribution in [0.4, 0.5) is 0 Å². The van der Waals surface area contributed by atoms with Gasteiger partial charge in [-0.05, 0) is 39.5 Å². The fourth-order valence-electron chi connectivity index (χ4n) is 3.89. The number of likely N-dealkylation sites (tertiary alicyclic amines) is 1. The van der Waals surface area contributed by atoms with Gasteiger partial charge in [0.15, 0.2) is 0 Å². The van der Waals surface area contributed by atoms with E-state index in [1.807, 2.05) is 0 Å². The average Bonchev–Trinajstić information content (AvgIpc) is 2.20. The average molecular weight is 223 g/mol. The van der Waals surface area contributed by atoms with Gasteiger partial charge in [-0.3, -0.25) is 4.90 Å². The molecule has 2 fully saturated rings. The van der Waals surface area contributed by atoms with Crippen molar-refractivity contribution >= 4 is 0 Å². The summed E-state index contributed by atoms with van der Waals surface area (Å²) in [4.78, 5) is 2.87. The molecule has 0 spiro atoms. The molecule has 1 aliphatic heterocycles. The Hall–Kier alpha value is -0.0400. The zero-order valence-electron chi connectivity index (χ0n) is 11.3. The largest absolute Gasteiger partial charge is 0.295 e. The van der Waals surface area contributed by atoms with Gasteiger partial charge in [-0.25, -0.2) is 0 Å². The zero-order chi connectivity index (χ0) is 11.4. The van der Waals surface area contributed by atoms with Crippen molar-refractivity contribution in [1.29, 1.82) is 0 Å². The van der Waals surface area contributed by atoms with Gasteiger partial charge in [0.05, 0.1) is 0 Å². The van der Waals surface area contributed by atoms with Crippen molar-refractivity contribution in [3.05, 3.63) is 0 Å². The van der Waals surface area contributed by atoms with Gasteiger partial charge in [-0.1, -0.05) is 38.5 Å². The second-order valence-electron chi connectivity index (χ2n) is 6.08. The van der Waals surface area contributed by atoms with Crippen LogP contribution in [0.15, 0.2) is 0 Å². The minimum absolute atomic E-state index is 0.841. The van der Waals surface area contributed by atoms with Crippen LogP contribution in [0.1, 0.15) is 78.1 Å². The van der Waals surface area contributed by atoms with Crippen LogP contribution in [0.25, 0.3) is 0 Å². The van der Waals surface area contributed by atoms with Gasteiger partial charge in [0.2, 0.25) is 0 Å². The fourth-order valence-corrected chi connectivity index (χ4v) is 3.89. The molecular weight excluding hydrogens is 194 g/mol. The first-order valence-corrected chi connectivity index (χ1v) is 7.56. The zero-order valence-corrected chi connectivity index (χ0v) is 11.3. The number of nitrogens with zero attached hydrogens (tertiary/aromatic N) is 1. The number of hydrogen-bond donors (Lipinski definition) is 0. The summed E-state index contributed by atoms with van der Waals surface area (Å²) < 4.78 is 0. The van der Waals surface area contributed by atoms with E-state index in [1.165, 1.54) is 64.2 Å². The van der Waals surface area contributed by atoms with Crippen LogP contribution in [-0.2, 0) is 0 Å². The first kappa shape index (κ1) is 12.4. The molecule has 0 unspecified atom stereocenters. The summed E-state index contributed by atoms with van der Waals surface area (Å²) >= 11 is 0. The third kappa shape index (κ3) is 3.00. The highest BCUT2D eigenvalue weighted by molar-refractivity contribution is 4.85. The summed E-state index contributed by atoms with van der Waals surface area (Å²) in [5.74, 6) is 0. The molecule has 0 amide bonds. The van der Waals surface area contributed by atoms with Crippen molar-refractivity contribution in [3.63, 3.8) is 0 Å². The predicted molar refractivity (Wildman–Crippen MR) is 70.7 cm³/mol.